The topological polar surface area (TPSA) is 79.3 Å². The van der Waals surface area contributed by atoms with Crippen LogP contribution in [-0.4, -0.2) is 22.0 Å². The highest BCUT2D eigenvalue weighted by Crippen LogP contribution is 2.31. The third-order valence-electron chi connectivity index (χ3n) is 3.47. The predicted molar refractivity (Wildman–Crippen MR) is 72.8 cm³/mol. The van der Waals surface area contributed by atoms with Gasteiger partial charge in [0.15, 0.2) is 0 Å². The number of hydrogen-bond donors (Lipinski definition) is 2. The van der Waals surface area contributed by atoms with Gasteiger partial charge in [-0.2, -0.15) is 0 Å². The molecule has 0 aromatic carbocycles. The number of carboxylic acids is 1. The van der Waals surface area contributed by atoms with E-state index in [4.69, 9.17) is 0 Å². The first-order valence-electron chi connectivity index (χ1n) is 6.21. The smallest absolute Gasteiger partial charge is 0.310 e. The number of aromatic nitrogens is 1. The number of carbonyl (C=O) groups is 2. The van der Waals surface area contributed by atoms with Crippen LogP contribution in [0.2, 0.25) is 0 Å². The number of carbonyl (C=O) groups excluding carboxylic acids is 1. The van der Waals surface area contributed by atoms with Crippen molar-refractivity contribution in [1.29, 1.82) is 0 Å². The van der Waals surface area contributed by atoms with Crippen molar-refractivity contribution in [3.8, 4) is 0 Å². The van der Waals surface area contributed by atoms with Crippen molar-refractivity contribution >= 4 is 17.6 Å². The highest BCUT2D eigenvalue weighted by atomic mass is 16.4. The summed E-state index contributed by atoms with van der Waals surface area (Å²) < 4.78 is 0. The molecular weight excluding hydrogens is 244 g/mol. The molecule has 0 bridgehead atoms. The Hall–Kier alpha value is -1.91. The Balaban J connectivity index is 2.77. The lowest BCUT2D eigenvalue weighted by Crippen LogP contribution is -2.37. The van der Waals surface area contributed by atoms with Crippen molar-refractivity contribution in [3.05, 3.63) is 24.0 Å². The number of aryl methyl sites for hydroxylation is 1. The van der Waals surface area contributed by atoms with E-state index in [0.717, 1.165) is 5.69 Å². The van der Waals surface area contributed by atoms with E-state index in [0.29, 0.717) is 5.69 Å². The molecule has 19 heavy (non-hydrogen) atoms. The molecule has 5 nitrogen and oxygen atoms in total. The van der Waals surface area contributed by atoms with E-state index < -0.39 is 11.4 Å². The van der Waals surface area contributed by atoms with Crippen LogP contribution in [0, 0.1) is 18.3 Å². The predicted octanol–water partition coefficient (Wildman–Crippen LogP) is 2.47. The largest absolute Gasteiger partial charge is 0.481 e. The Morgan fingerprint density at radius 2 is 2.11 bits per heavy atom. The van der Waals surface area contributed by atoms with Gasteiger partial charge in [0.2, 0.25) is 5.91 Å². The summed E-state index contributed by atoms with van der Waals surface area (Å²) in [7, 11) is 0. The molecule has 0 saturated heterocycles. The van der Waals surface area contributed by atoms with Crippen LogP contribution in [0.1, 0.15) is 32.9 Å². The van der Waals surface area contributed by atoms with Gasteiger partial charge in [0.1, 0.15) is 0 Å². The van der Waals surface area contributed by atoms with Crippen molar-refractivity contribution in [1.82, 2.24) is 4.98 Å². The lowest BCUT2D eigenvalue weighted by Gasteiger charge is -2.28. The Bertz CT molecular complexity index is 485. The number of anilines is 1. The van der Waals surface area contributed by atoms with Crippen molar-refractivity contribution < 1.29 is 14.7 Å². The molecule has 1 aromatic heterocycles. The highest BCUT2D eigenvalue weighted by molar-refractivity contribution is 5.94. The third-order valence-corrected chi connectivity index (χ3v) is 3.47. The summed E-state index contributed by atoms with van der Waals surface area (Å²) in [6.07, 6.45) is 1.55. The van der Waals surface area contributed by atoms with Crippen LogP contribution in [0.25, 0.3) is 0 Å². The SMILES string of the molecule is Cc1cc(NC(=O)CC(C)(C(=O)O)C(C)C)ccn1. The van der Waals surface area contributed by atoms with E-state index in [9.17, 15) is 14.7 Å². The lowest BCUT2D eigenvalue weighted by molar-refractivity contribution is -0.153. The molecule has 1 aromatic rings. The van der Waals surface area contributed by atoms with Crippen molar-refractivity contribution in [2.45, 2.75) is 34.1 Å². The molecule has 1 amide bonds. The van der Waals surface area contributed by atoms with Crippen LogP contribution < -0.4 is 5.32 Å². The van der Waals surface area contributed by atoms with Gasteiger partial charge in [-0.05, 0) is 31.9 Å². The van der Waals surface area contributed by atoms with E-state index in [1.54, 1.807) is 39.1 Å². The third kappa shape index (κ3) is 3.77. The van der Waals surface area contributed by atoms with E-state index in [-0.39, 0.29) is 18.2 Å². The summed E-state index contributed by atoms with van der Waals surface area (Å²) in [6.45, 7) is 7.03. The summed E-state index contributed by atoms with van der Waals surface area (Å²) in [5.41, 5.74) is 0.364. The van der Waals surface area contributed by atoms with Gasteiger partial charge in [0.25, 0.3) is 0 Å². The standard InChI is InChI=1S/C14H20N2O3/c1-9(2)14(4,13(18)19)8-12(17)16-11-5-6-15-10(3)7-11/h5-7,9H,8H2,1-4H3,(H,18,19)(H,15,16,17). The Labute approximate surface area is 113 Å². The summed E-state index contributed by atoms with van der Waals surface area (Å²) in [5, 5.41) is 12.0. The van der Waals surface area contributed by atoms with E-state index in [1.807, 2.05) is 6.92 Å². The minimum atomic E-state index is -1.06. The fourth-order valence-electron chi connectivity index (χ4n) is 1.69. The number of amides is 1. The lowest BCUT2D eigenvalue weighted by atomic mass is 9.76. The fraction of sp³-hybridized carbons (Fsp3) is 0.500. The second-order valence-electron chi connectivity index (χ2n) is 5.29. The molecule has 0 aliphatic rings. The molecule has 104 valence electrons. The number of carboxylic acid groups (broad SMARTS) is 1. The number of aliphatic carboxylic acids is 1. The normalized spacial score (nSPS) is 13.9. The molecule has 1 rings (SSSR count). The number of nitrogens with one attached hydrogen (secondary N) is 1. The summed E-state index contributed by atoms with van der Waals surface area (Å²) in [5.74, 6) is -1.39. The minimum Gasteiger partial charge on any atom is -0.481 e. The van der Waals surface area contributed by atoms with E-state index in [2.05, 4.69) is 10.3 Å². The summed E-state index contributed by atoms with van der Waals surface area (Å²) in [4.78, 5) is 27.3. The molecule has 1 atom stereocenters. The van der Waals surface area contributed by atoms with Gasteiger partial charge in [-0.1, -0.05) is 13.8 Å². The molecule has 0 aliphatic carbocycles. The van der Waals surface area contributed by atoms with Crippen molar-refractivity contribution in [2.24, 2.45) is 11.3 Å². The van der Waals surface area contributed by atoms with Crippen LogP contribution >= 0.6 is 0 Å². The van der Waals surface area contributed by atoms with Gasteiger partial charge in [0.05, 0.1) is 5.41 Å². The van der Waals surface area contributed by atoms with Gasteiger partial charge in [-0.15, -0.1) is 0 Å². The number of hydrogen-bond acceptors (Lipinski definition) is 3. The zero-order chi connectivity index (χ0) is 14.6. The molecule has 0 aliphatic heterocycles. The van der Waals surface area contributed by atoms with Gasteiger partial charge >= 0.3 is 5.97 Å². The second kappa shape index (κ2) is 5.82. The molecule has 2 N–H and O–H groups in total. The number of rotatable bonds is 5. The van der Waals surface area contributed by atoms with Gasteiger partial charge < -0.3 is 10.4 Å². The molecule has 1 heterocycles. The molecule has 0 saturated carbocycles. The maximum absolute atomic E-state index is 12.0. The van der Waals surface area contributed by atoms with Crippen molar-refractivity contribution in [2.75, 3.05) is 5.32 Å². The summed E-state index contributed by atoms with van der Waals surface area (Å²) in [6, 6.07) is 3.42. The summed E-state index contributed by atoms with van der Waals surface area (Å²) >= 11 is 0. The van der Waals surface area contributed by atoms with Gasteiger partial charge in [-0.25, -0.2) is 0 Å². The first-order valence-corrected chi connectivity index (χ1v) is 6.21. The molecule has 5 heteroatoms. The molecule has 0 fully saturated rings. The van der Waals surface area contributed by atoms with Crippen LogP contribution in [0.3, 0.4) is 0 Å². The molecule has 0 radical (unpaired) electrons. The number of nitrogens with zero attached hydrogens (tertiary/aromatic N) is 1. The zero-order valence-electron chi connectivity index (χ0n) is 11.7. The average Bonchev–Trinajstić information content (AvgIpc) is 2.27. The van der Waals surface area contributed by atoms with E-state index >= 15 is 0 Å². The quantitative estimate of drug-likeness (QED) is 0.856. The first kappa shape index (κ1) is 15.1. The first-order chi connectivity index (χ1) is 8.75. The van der Waals surface area contributed by atoms with Crippen LogP contribution in [0.15, 0.2) is 18.3 Å². The van der Waals surface area contributed by atoms with Crippen LogP contribution in [0.5, 0.6) is 0 Å². The Morgan fingerprint density at radius 3 is 2.58 bits per heavy atom. The van der Waals surface area contributed by atoms with E-state index in [1.165, 1.54) is 0 Å². The molecular formula is C14H20N2O3. The van der Waals surface area contributed by atoms with Gasteiger partial charge in [0, 0.05) is 24.0 Å². The van der Waals surface area contributed by atoms with Crippen molar-refractivity contribution in [3.63, 3.8) is 0 Å². The number of pyridine rings is 1. The highest BCUT2D eigenvalue weighted by Gasteiger charge is 2.38. The van der Waals surface area contributed by atoms with Crippen LogP contribution in [-0.2, 0) is 9.59 Å². The Kier molecular flexibility index (Phi) is 4.64. The second-order valence-corrected chi connectivity index (χ2v) is 5.29. The Morgan fingerprint density at radius 1 is 1.47 bits per heavy atom. The maximum atomic E-state index is 12.0. The zero-order valence-corrected chi connectivity index (χ0v) is 11.7. The molecule has 1 unspecified atom stereocenters. The maximum Gasteiger partial charge on any atom is 0.310 e. The fourth-order valence-corrected chi connectivity index (χ4v) is 1.69. The average molecular weight is 264 g/mol. The van der Waals surface area contributed by atoms with Crippen LogP contribution in [0.4, 0.5) is 5.69 Å². The monoisotopic (exact) mass is 264 g/mol. The molecule has 0 spiro atoms. The minimum absolute atomic E-state index is 0.0542. The van der Waals surface area contributed by atoms with Gasteiger partial charge in [-0.3, -0.25) is 14.6 Å².